The Morgan fingerprint density at radius 2 is 1.72 bits per heavy atom. The second kappa shape index (κ2) is 8.32. The van der Waals surface area contributed by atoms with Crippen LogP contribution >= 0.6 is 0 Å². The van der Waals surface area contributed by atoms with Crippen molar-refractivity contribution in [3.8, 4) is 0 Å². The fourth-order valence-corrected chi connectivity index (χ4v) is 3.82. The third-order valence-corrected chi connectivity index (χ3v) is 5.41. The summed E-state index contributed by atoms with van der Waals surface area (Å²) in [7, 11) is 3.97. The van der Waals surface area contributed by atoms with Gasteiger partial charge in [-0.3, -0.25) is 4.79 Å². The Balaban J connectivity index is 1.59. The predicted octanol–water partition coefficient (Wildman–Crippen LogP) is 1.76. The summed E-state index contributed by atoms with van der Waals surface area (Å²) in [6.45, 7) is 4.08. The number of carbonyl (C=O) groups is 1. The molecule has 0 spiro atoms. The van der Waals surface area contributed by atoms with Gasteiger partial charge >= 0.3 is 0 Å². The number of benzene rings is 1. The second-order valence-electron chi connectivity index (χ2n) is 7.57. The molecule has 3 heterocycles. The van der Waals surface area contributed by atoms with Crippen LogP contribution in [0.1, 0.15) is 21.6 Å². The number of carbonyl (C=O) groups excluding carboxylic acids is 1. The van der Waals surface area contributed by atoms with Gasteiger partial charge in [-0.05, 0) is 30.7 Å². The molecule has 0 N–H and O–H groups in total. The Labute approximate surface area is 170 Å². The standard InChI is InChI=1S/C21H26FN5O2/c1-25(2)19-17-7-9-26(20(28)15-3-5-16(22)6-4-15)10-8-18(17)23-21(24-19)27-11-13-29-14-12-27/h3-6H,7-14H2,1-2H3. The molecule has 0 unspecified atom stereocenters. The number of rotatable bonds is 3. The van der Waals surface area contributed by atoms with Gasteiger partial charge in [0.05, 0.1) is 18.9 Å². The molecule has 4 rings (SSSR count). The van der Waals surface area contributed by atoms with Crippen molar-refractivity contribution in [2.45, 2.75) is 12.8 Å². The van der Waals surface area contributed by atoms with Crippen LogP contribution in [0.15, 0.2) is 24.3 Å². The number of hydrogen-bond donors (Lipinski definition) is 0. The van der Waals surface area contributed by atoms with E-state index in [1.807, 2.05) is 23.9 Å². The molecule has 1 fully saturated rings. The maximum atomic E-state index is 13.2. The normalized spacial score (nSPS) is 16.9. The van der Waals surface area contributed by atoms with Crippen LogP contribution in [0, 0.1) is 5.82 Å². The topological polar surface area (TPSA) is 61.8 Å². The number of nitrogens with zero attached hydrogens (tertiary/aromatic N) is 5. The van der Waals surface area contributed by atoms with Gasteiger partial charge in [-0.1, -0.05) is 0 Å². The van der Waals surface area contributed by atoms with Gasteiger partial charge in [0.2, 0.25) is 5.95 Å². The minimum atomic E-state index is -0.341. The fourth-order valence-electron chi connectivity index (χ4n) is 3.82. The zero-order valence-electron chi connectivity index (χ0n) is 16.9. The number of fused-ring (bicyclic) bond motifs is 1. The van der Waals surface area contributed by atoms with E-state index in [4.69, 9.17) is 14.7 Å². The summed E-state index contributed by atoms with van der Waals surface area (Å²) in [5.41, 5.74) is 2.60. The number of morpholine rings is 1. The first-order chi connectivity index (χ1) is 14.0. The van der Waals surface area contributed by atoms with Crippen molar-refractivity contribution in [1.29, 1.82) is 0 Å². The lowest BCUT2D eigenvalue weighted by Gasteiger charge is -2.28. The molecule has 0 saturated carbocycles. The highest BCUT2D eigenvalue weighted by Gasteiger charge is 2.26. The highest BCUT2D eigenvalue weighted by molar-refractivity contribution is 5.94. The van der Waals surface area contributed by atoms with E-state index in [0.717, 1.165) is 36.1 Å². The number of aromatic nitrogens is 2. The summed E-state index contributed by atoms with van der Waals surface area (Å²) in [6.07, 6.45) is 1.36. The molecule has 8 heteroatoms. The molecule has 1 saturated heterocycles. The van der Waals surface area contributed by atoms with Crippen molar-refractivity contribution < 1.29 is 13.9 Å². The lowest BCUT2D eigenvalue weighted by atomic mass is 10.1. The van der Waals surface area contributed by atoms with Crippen LogP contribution in [0.25, 0.3) is 0 Å². The molecule has 29 heavy (non-hydrogen) atoms. The first-order valence-corrected chi connectivity index (χ1v) is 9.97. The second-order valence-corrected chi connectivity index (χ2v) is 7.57. The third-order valence-electron chi connectivity index (χ3n) is 5.41. The van der Waals surface area contributed by atoms with E-state index in [1.165, 1.54) is 24.3 Å². The Kier molecular flexibility index (Phi) is 5.62. The van der Waals surface area contributed by atoms with Gasteiger partial charge in [-0.2, -0.15) is 4.98 Å². The molecule has 154 valence electrons. The Hall–Kier alpha value is -2.74. The Morgan fingerprint density at radius 1 is 1.03 bits per heavy atom. The van der Waals surface area contributed by atoms with Crippen LogP contribution in [0.4, 0.5) is 16.2 Å². The van der Waals surface area contributed by atoms with E-state index in [2.05, 4.69) is 4.90 Å². The maximum Gasteiger partial charge on any atom is 0.253 e. The van der Waals surface area contributed by atoms with Gasteiger partial charge in [-0.25, -0.2) is 9.37 Å². The Morgan fingerprint density at radius 3 is 2.41 bits per heavy atom. The summed E-state index contributed by atoms with van der Waals surface area (Å²) >= 11 is 0. The minimum Gasteiger partial charge on any atom is -0.378 e. The highest BCUT2D eigenvalue weighted by Crippen LogP contribution is 2.27. The van der Waals surface area contributed by atoms with Crippen molar-refractivity contribution >= 4 is 17.7 Å². The smallest absolute Gasteiger partial charge is 0.253 e. The molecule has 7 nitrogen and oxygen atoms in total. The molecule has 0 atom stereocenters. The zero-order chi connectivity index (χ0) is 20.4. The van der Waals surface area contributed by atoms with Crippen molar-refractivity contribution in [2.75, 3.05) is 63.3 Å². The van der Waals surface area contributed by atoms with Crippen molar-refractivity contribution in [1.82, 2.24) is 14.9 Å². The maximum absolute atomic E-state index is 13.2. The van der Waals surface area contributed by atoms with Gasteiger partial charge in [-0.15, -0.1) is 0 Å². The molecule has 0 aliphatic carbocycles. The van der Waals surface area contributed by atoms with Crippen LogP contribution in [0.2, 0.25) is 0 Å². The van der Waals surface area contributed by atoms with E-state index < -0.39 is 0 Å². The first kappa shape index (κ1) is 19.6. The Bertz CT molecular complexity index is 881. The molecular weight excluding hydrogens is 373 g/mol. The SMILES string of the molecule is CN(C)c1nc(N2CCOCC2)nc2c1CCN(C(=O)c1ccc(F)cc1)CC2. The van der Waals surface area contributed by atoms with Gasteiger partial charge in [0.15, 0.2) is 0 Å². The van der Waals surface area contributed by atoms with Gasteiger partial charge < -0.3 is 19.4 Å². The van der Waals surface area contributed by atoms with Crippen LogP contribution in [-0.2, 0) is 17.6 Å². The molecule has 2 aliphatic heterocycles. The van der Waals surface area contributed by atoms with Crippen LogP contribution in [0.3, 0.4) is 0 Å². The summed E-state index contributed by atoms with van der Waals surface area (Å²) in [5.74, 6) is 1.22. The lowest BCUT2D eigenvalue weighted by molar-refractivity contribution is 0.0763. The average molecular weight is 399 g/mol. The summed E-state index contributed by atoms with van der Waals surface area (Å²) < 4.78 is 18.6. The summed E-state index contributed by atoms with van der Waals surface area (Å²) in [5, 5.41) is 0. The van der Waals surface area contributed by atoms with E-state index >= 15 is 0 Å². The first-order valence-electron chi connectivity index (χ1n) is 9.97. The van der Waals surface area contributed by atoms with E-state index in [9.17, 15) is 9.18 Å². The largest absolute Gasteiger partial charge is 0.378 e. The van der Waals surface area contributed by atoms with Gasteiger partial charge in [0.25, 0.3) is 5.91 Å². The van der Waals surface area contributed by atoms with E-state index in [-0.39, 0.29) is 11.7 Å². The molecule has 0 bridgehead atoms. The molecular formula is C21H26FN5O2. The van der Waals surface area contributed by atoms with E-state index in [1.54, 1.807) is 0 Å². The monoisotopic (exact) mass is 399 g/mol. The number of anilines is 2. The fraction of sp³-hybridized carbons (Fsp3) is 0.476. The van der Waals surface area contributed by atoms with Crippen LogP contribution < -0.4 is 9.80 Å². The number of ether oxygens (including phenoxy) is 1. The highest BCUT2D eigenvalue weighted by atomic mass is 19.1. The average Bonchev–Trinajstić information content (AvgIpc) is 2.96. The van der Waals surface area contributed by atoms with Crippen molar-refractivity contribution in [3.05, 3.63) is 46.9 Å². The number of halogens is 1. The van der Waals surface area contributed by atoms with Crippen LogP contribution in [-0.4, -0.2) is 74.3 Å². The van der Waals surface area contributed by atoms with Gasteiger partial charge in [0.1, 0.15) is 11.6 Å². The van der Waals surface area contributed by atoms with E-state index in [0.29, 0.717) is 44.7 Å². The molecule has 2 aromatic rings. The number of hydrogen-bond acceptors (Lipinski definition) is 6. The molecule has 2 aliphatic rings. The third kappa shape index (κ3) is 4.17. The van der Waals surface area contributed by atoms with Gasteiger partial charge in [0, 0.05) is 57.8 Å². The quantitative estimate of drug-likeness (QED) is 0.784. The molecule has 1 aromatic carbocycles. The lowest BCUT2D eigenvalue weighted by Crippen LogP contribution is -2.38. The molecule has 0 radical (unpaired) electrons. The number of amides is 1. The van der Waals surface area contributed by atoms with Crippen LogP contribution in [0.5, 0.6) is 0 Å². The molecule has 1 amide bonds. The molecule has 1 aromatic heterocycles. The summed E-state index contributed by atoms with van der Waals surface area (Å²) in [4.78, 5) is 28.6. The predicted molar refractivity (Wildman–Crippen MR) is 109 cm³/mol. The summed E-state index contributed by atoms with van der Waals surface area (Å²) in [6, 6.07) is 5.72. The van der Waals surface area contributed by atoms with Crippen molar-refractivity contribution in [3.63, 3.8) is 0 Å². The zero-order valence-corrected chi connectivity index (χ0v) is 16.9. The van der Waals surface area contributed by atoms with Crippen molar-refractivity contribution in [2.24, 2.45) is 0 Å². The minimum absolute atomic E-state index is 0.0782.